The standard InChI is InChI=1S/C6H6N2O2S/c7-6(10)4-1-2-11-5(9)3-8-4/h1-3,9H,(H2,7,10). The smallest absolute Gasteiger partial charge is 0.267 e. The molecule has 0 unspecified atom stereocenters. The molecule has 0 aromatic rings. The Morgan fingerprint density at radius 3 is 3.09 bits per heavy atom. The topological polar surface area (TPSA) is 75.7 Å². The number of rotatable bonds is 1. The fraction of sp³-hybridized carbons (Fsp3) is 0. The van der Waals surface area contributed by atoms with Gasteiger partial charge in [0.2, 0.25) is 0 Å². The Labute approximate surface area is 67.5 Å². The van der Waals surface area contributed by atoms with Gasteiger partial charge in [-0.1, -0.05) is 11.8 Å². The van der Waals surface area contributed by atoms with E-state index in [2.05, 4.69) is 4.99 Å². The van der Waals surface area contributed by atoms with E-state index in [0.717, 1.165) is 11.8 Å². The predicted molar refractivity (Wildman–Crippen MR) is 44.1 cm³/mol. The van der Waals surface area contributed by atoms with Gasteiger partial charge in [-0.25, -0.2) is 4.99 Å². The number of aliphatic imine (C=N–C) groups is 1. The lowest BCUT2D eigenvalue weighted by Gasteiger charge is -1.87. The van der Waals surface area contributed by atoms with Gasteiger partial charge in [0.05, 0.1) is 6.20 Å². The molecule has 0 saturated heterocycles. The molecular weight excluding hydrogens is 164 g/mol. The second-order valence-corrected chi connectivity index (χ2v) is 2.69. The average molecular weight is 170 g/mol. The van der Waals surface area contributed by atoms with Gasteiger partial charge in [-0.15, -0.1) is 0 Å². The van der Waals surface area contributed by atoms with Crippen LogP contribution in [0.15, 0.2) is 27.8 Å². The highest BCUT2D eigenvalue weighted by molar-refractivity contribution is 8.05. The highest BCUT2D eigenvalue weighted by Gasteiger charge is 2.03. The number of nitrogens with two attached hydrogens (primary N) is 1. The highest BCUT2D eigenvalue weighted by atomic mass is 32.2. The number of aliphatic hydroxyl groups excluding tert-OH is 1. The molecule has 4 nitrogen and oxygen atoms in total. The van der Waals surface area contributed by atoms with Gasteiger partial charge in [-0.3, -0.25) is 4.79 Å². The molecule has 0 fully saturated rings. The zero-order chi connectivity index (χ0) is 8.27. The van der Waals surface area contributed by atoms with E-state index in [1.54, 1.807) is 5.41 Å². The summed E-state index contributed by atoms with van der Waals surface area (Å²) < 4.78 is 0. The molecule has 11 heavy (non-hydrogen) atoms. The summed E-state index contributed by atoms with van der Waals surface area (Å²) in [5.74, 6) is -0.604. The molecule has 1 rings (SSSR count). The van der Waals surface area contributed by atoms with Crippen molar-refractivity contribution in [1.29, 1.82) is 0 Å². The third kappa shape index (κ3) is 2.12. The lowest BCUT2D eigenvalue weighted by Crippen LogP contribution is -2.20. The average Bonchev–Trinajstić information content (AvgIpc) is 2.13. The van der Waals surface area contributed by atoms with Crippen molar-refractivity contribution in [2.45, 2.75) is 0 Å². The molecule has 0 radical (unpaired) electrons. The van der Waals surface area contributed by atoms with Crippen LogP contribution in [0, 0.1) is 0 Å². The number of carbonyl (C=O) groups excluding carboxylic acids is 1. The number of amides is 1. The van der Waals surface area contributed by atoms with E-state index in [9.17, 15) is 4.79 Å². The van der Waals surface area contributed by atoms with Crippen LogP contribution in [0.1, 0.15) is 0 Å². The maximum Gasteiger partial charge on any atom is 0.267 e. The Balaban J connectivity index is 2.89. The number of aliphatic hydroxyl groups is 1. The largest absolute Gasteiger partial charge is 0.501 e. The molecule has 1 amide bonds. The molecule has 58 valence electrons. The number of hydrogen-bond donors (Lipinski definition) is 2. The van der Waals surface area contributed by atoms with Crippen LogP contribution < -0.4 is 5.73 Å². The van der Waals surface area contributed by atoms with Crippen LogP contribution in [0.4, 0.5) is 0 Å². The quantitative estimate of drug-likeness (QED) is 0.602. The van der Waals surface area contributed by atoms with Crippen molar-refractivity contribution >= 4 is 23.4 Å². The first-order valence-electron chi connectivity index (χ1n) is 2.80. The number of thioether (sulfide) groups is 1. The Kier molecular flexibility index (Phi) is 2.32. The molecule has 1 heterocycles. The van der Waals surface area contributed by atoms with Crippen molar-refractivity contribution in [3.05, 3.63) is 22.8 Å². The molecule has 5 heteroatoms. The van der Waals surface area contributed by atoms with E-state index in [1.165, 1.54) is 12.3 Å². The summed E-state index contributed by atoms with van der Waals surface area (Å²) in [4.78, 5) is 14.2. The Morgan fingerprint density at radius 2 is 2.45 bits per heavy atom. The number of hydrogen-bond acceptors (Lipinski definition) is 4. The Morgan fingerprint density at radius 1 is 1.73 bits per heavy atom. The SMILES string of the molecule is NC(=O)C1=NC=C(O)SC=C1. The van der Waals surface area contributed by atoms with Gasteiger partial charge >= 0.3 is 0 Å². The van der Waals surface area contributed by atoms with Gasteiger partial charge in [0.15, 0.2) is 5.09 Å². The van der Waals surface area contributed by atoms with Crippen LogP contribution >= 0.6 is 11.8 Å². The van der Waals surface area contributed by atoms with Crippen molar-refractivity contribution in [1.82, 2.24) is 0 Å². The molecule has 3 N–H and O–H groups in total. The van der Waals surface area contributed by atoms with Gasteiger partial charge in [-0.2, -0.15) is 0 Å². The molecule has 0 aliphatic carbocycles. The first-order chi connectivity index (χ1) is 5.20. The molecule has 1 aliphatic heterocycles. The molecule has 0 atom stereocenters. The van der Waals surface area contributed by atoms with Gasteiger partial charge in [-0.05, 0) is 11.5 Å². The summed E-state index contributed by atoms with van der Waals surface area (Å²) >= 11 is 1.07. The Bertz CT molecular complexity index is 268. The summed E-state index contributed by atoms with van der Waals surface area (Å²) in [6, 6.07) is 0. The molecular formula is C6H6N2O2S. The lowest BCUT2D eigenvalue weighted by atomic mass is 10.3. The fourth-order valence-electron chi connectivity index (χ4n) is 0.512. The maximum absolute atomic E-state index is 10.5. The monoisotopic (exact) mass is 170 g/mol. The van der Waals surface area contributed by atoms with Crippen molar-refractivity contribution in [3.63, 3.8) is 0 Å². The van der Waals surface area contributed by atoms with Crippen LogP contribution in [0.25, 0.3) is 0 Å². The third-order valence-electron chi connectivity index (χ3n) is 0.981. The number of carbonyl (C=O) groups is 1. The summed E-state index contributed by atoms with van der Waals surface area (Å²) in [5.41, 5.74) is 5.08. The zero-order valence-electron chi connectivity index (χ0n) is 5.52. The lowest BCUT2D eigenvalue weighted by molar-refractivity contribution is -0.111. The van der Waals surface area contributed by atoms with Crippen LogP contribution in [0.3, 0.4) is 0 Å². The second-order valence-electron chi connectivity index (χ2n) is 1.77. The summed E-state index contributed by atoms with van der Waals surface area (Å²) in [6.45, 7) is 0. The molecule has 0 saturated carbocycles. The van der Waals surface area contributed by atoms with Crippen molar-refractivity contribution in [3.8, 4) is 0 Å². The first-order valence-corrected chi connectivity index (χ1v) is 3.68. The molecule has 0 aromatic heterocycles. The maximum atomic E-state index is 10.5. The van der Waals surface area contributed by atoms with E-state index < -0.39 is 5.91 Å². The van der Waals surface area contributed by atoms with E-state index in [0.29, 0.717) is 0 Å². The minimum absolute atomic E-state index is 0.0394. The van der Waals surface area contributed by atoms with Crippen LogP contribution in [-0.4, -0.2) is 16.7 Å². The van der Waals surface area contributed by atoms with Crippen molar-refractivity contribution in [2.75, 3.05) is 0 Å². The van der Waals surface area contributed by atoms with E-state index in [-0.39, 0.29) is 10.8 Å². The van der Waals surface area contributed by atoms with Crippen molar-refractivity contribution < 1.29 is 9.90 Å². The zero-order valence-corrected chi connectivity index (χ0v) is 6.34. The normalized spacial score (nSPS) is 16.7. The van der Waals surface area contributed by atoms with E-state index >= 15 is 0 Å². The van der Waals surface area contributed by atoms with Gasteiger partial charge in [0.25, 0.3) is 5.91 Å². The minimum Gasteiger partial charge on any atom is -0.501 e. The van der Waals surface area contributed by atoms with Gasteiger partial charge in [0, 0.05) is 0 Å². The van der Waals surface area contributed by atoms with Gasteiger partial charge in [0.1, 0.15) is 5.71 Å². The summed E-state index contributed by atoms with van der Waals surface area (Å²) in [6.07, 6.45) is 2.64. The van der Waals surface area contributed by atoms with Crippen LogP contribution in [0.2, 0.25) is 0 Å². The van der Waals surface area contributed by atoms with Gasteiger partial charge < -0.3 is 10.8 Å². The molecule has 0 aromatic carbocycles. The van der Waals surface area contributed by atoms with Crippen molar-refractivity contribution in [2.24, 2.45) is 10.7 Å². The minimum atomic E-state index is -0.604. The fourth-order valence-corrected chi connectivity index (χ4v) is 0.962. The first kappa shape index (κ1) is 7.87. The van der Waals surface area contributed by atoms with E-state index in [1.807, 2.05) is 0 Å². The van der Waals surface area contributed by atoms with E-state index in [4.69, 9.17) is 10.8 Å². The third-order valence-corrected chi connectivity index (χ3v) is 1.60. The molecule has 1 aliphatic rings. The number of nitrogens with zero attached hydrogens (tertiary/aromatic N) is 1. The predicted octanol–water partition coefficient (Wildman–Crippen LogP) is 0.530. The summed E-state index contributed by atoms with van der Waals surface area (Å²) in [5, 5.41) is 10.5. The number of primary amides is 1. The highest BCUT2D eigenvalue weighted by Crippen LogP contribution is 2.15. The second kappa shape index (κ2) is 3.25. The van der Waals surface area contributed by atoms with Crippen LogP contribution in [-0.2, 0) is 4.79 Å². The summed E-state index contributed by atoms with van der Waals surface area (Å²) in [7, 11) is 0. The van der Waals surface area contributed by atoms with Crippen LogP contribution in [0.5, 0.6) is 0 Å². The molecule has 0 spiro atoms. The Hall–Kier alpha value is -1.23. The molecule has 0 bridgehead atoms.